The van der Waals surface area contributed by atoms with E-state index in [1.165, 1.54) is 6.42 Å². The van der Waals surface area contributed by atoms with E-state index in [-0.39, 0.29) is 24.0 Å². The number of ether oxygens (including phenoxy) is 3. The fraction of sp³-hybridized carbons (Fsp3) is 0.667. The summed E-state index contributed by atoms with van der Waals surface area (Å²) in [6.45, 7) is 6.58. The van der Waals surface area contributed by atoms with E-state index in [2.05, 4.69) is 39.6 Å². The number of unbranched alkanes of at least 4 members (excludes halogenated alkanes) is 1. The molecule has 0 aliphatic carbocycles. The highest BCUT2D eigenvalue weighted by molar-refractivity contribution is 14.0. The molecule has 0 radical (unpaired) electrons. The first-order chi connectivity index (χ1) is 13.7. The van der Waals surface area contributed by atoms with Crippen molar-refractivity contribution in [2.45, 2.75) is 38.6 Å². The van der Waals surface area contributed by atoms with Gasteiger partial charge in [0, 0.05) is 69.8 Å². The molecule has 1 aliphatic rings. The molecule has 29 heavy (non-hydrogen) atoms. The van der Waals surface area contributed by atoms with Gasteiger partial charge in [-0.2, -0.15) is 0 Å². The Hall–Kier alpha value is -1.42. The van der Waals surface area contributed by atoms with E-state index in [4.69, 9.17) is 14.2 Å². The van der Waals surface area contributed by atoms with E-state index in [1.807, 2.05) is 13.1 Å². The van der Waals surface area contributed by atoms with Gasteiger partial charge in [-0.25, -0.2) is 0 Å². The smallest absolute Gasteiger partial charge is 0.191 e. The molecule has 1 heterocycles. The van der Waals surface area contributed by atoms with Gasteiger partial charge in [-0.1, -0.05) is 13.3 Å². The van der Waals surface area contributed by atoms with Gasteiger partial charge >= 0.3 is 0 Å². The molecule has 1 aliphatic heterocycles. The van der Waals surface area contributed by atoms with Crippen LogP contribution >= 0.6 is 24.0 Å². The van der Waals surface area contributed by atoms with Gasteiger partial charge in [0.2, 0.25) is 0 Å². The van der Waals surface area contributed by atoms with Crippen molar-refractivity contribution in [3.8, 4) is 11.5 Å². The number of rotatable bonds is 11. The zero-order chi connectivity index (χ0) is 20.2. The van der Waals surface area contributed by atoms with Crippen molar-refractivity contribution in [3.63, 3.8) is 0 Å². The summed E-state index contributed by atoms with van der Waals surface area (Å²) in [6.07, 6.45) is 4.34. The summed E-state index contributed by atoms with van der Waals surface area (Å²) >= 11 is 0. The molecular weight excluding hydrogens is 483 g/mol. The van der Waals surface area contributed by atoms with E-state index in [9.17, 15) is 0 Å². The topological polar surface area (TPSA) is 67.4 Å². The third kappa shape index (κ3) is 8.86. The fourth-order valence-electron chi connectivity index (χ4n) is 3.21. The number of aliphatic imine (C=N–C) groups is 1. The van der Waals surface area contributed by atoms with Crippen molar-refractivity contribution >= 4 is 35.6 Å². The predicted octanol–water partition coefficient (Wildman–Crippen LogP) is 3.27. The second-order valence-electron chi connectivity index (χ2n) is 6.97. The second kappa shape index (κ2) is 14.5. The van der Waals surface area contributed by atoms with Crippen LogP contribution in [0.3, 0.4) is 0 Å². The highest BCUT2D eigenvalue weighted by atomic mass is 127. The van der Waals surface area contributed by atoms with Crippen LogP contribution in [0.4, 0.5) is 5.69 Å². The molecular formula is C21H37IN4O3. The highest BCUT2D eigenvalue weighted by Crippen LogP contribution is 2.30. The molecule has 166 valence electrons. The maximum Gasteiger partial charge on any atom is 0.191 e. The number of nitrogens with zero attached hydrogens (tertiary/aromatic N) is 2. The largest absolute Gasteiger partial charge is 0.497 e. The first-order valence-electron chi connectivity index (χ1n) is 10.2. The number of anilines is 1. The number of nitrogens with one attached hydrogen (secondary N) is 2. The minimum Gasteiger partial charge on any atom is -0.497 e. The second-order valence-corrected chi connectivity index (χ2v) is 6.97. The zero-order valence-electron chi connectivity index (χ0n) is 18.2. The van der Waals surface area contributed by atoms with Gasteiger partial charge in [0.15, 0.2) is 5.96 Å². The van der Waals surface area contributed by atoms with Crippen molar-refractivity contribution in [2.24, 2.45) is 4.99 Å². The first-order valence-corrected chi connectivity index (χ1v) is 10.2. The van der Waals surface area contributed by atoms with Crippen molar-refractivity contribution in [1.29, 1.82) is 0 Å². The van der Waals surface area contributed by atoms with Crippen LogP contribution in [0.25, 0.3) is 0 Å². The molecule has 1 aromatic carbocycles. The minimum absolute atomic E-state index is 0. The van der Waals surface area contributed by atoms with E-state index in [1.54, 1.807) is 14.2 Å². The number of hydrogen-bond donors (Lipinski definition) is 2. The molecule has 8 heteroatoms. The highest BCUT2D eigenvalue weighted by Gasteiger charge is 2.24. The lowest BCUT2D eigenvalue weighted by atomic mass is 10.2. The minimum atomic E-state index is 0. The van der Waals surface area contributed by atoms with Gasteiger partial charge in [-0.05, 0) is 19.3 Å². The molecule has 1 aromatic rings. The summed E-state index contributed by atoms with van der Waals surface area (Å²) in [5, 5.41) is 6.91. The van der Waals surface area contributed by atoms with Gasteiger partial charge < -0.3 is 29.7 Å². The standard InChI is InChI=1S/C21H36N4O3.HI/c1-5-6-11-28-12-7-9-23-21(22-2)24-17-8-10-25(16-17)18-13-19(26-3)15-20(14-18)27-4;/h13-15,17H,5-12,16H2,1-4H3,(H2,22,23,24);1H. The van der Waals surface area contributed by atoms with Crippen LogP contribution in [0.1, 0.15) is 32.6 Å². The Morgan fingerprint density at radius 1 is 1.14 bits per heavy atom. The summed E-state index contributed by atoms with van der Waals surface area (Å²) < 4.78 is 16.4. The molecule has 7 nitrogen and oxygen atoms in total. The summed E-state index contributed by atoms with van der Waals surface area (Å²) in [6, 6.07) is 6.35. The van der Waals surface area contributed by atoms with Crippen molar-refractivity contribution in [2.75, 3.05) is 59.0 Å². The van der Waals surface area contributed by atoms with Crippen molar-refractivity contribution in [1.82, 2.24) is 10.6 Å². The average molecular weight is 520 g/mol. The third-order valence-corrected chi connectivity index (χ3v) is 4.85. The molecule has 1 unspecified atom stereocenters. The Morgan fingerprint density at radius 2 is 1.83 bits per heavy atom. The molecule has 2 rings (SSSR count). The number of halogens is 1. The molecule has 0 spiro atoms. The maximum absolute atomic E-state index is 5.60. The van der Waals surface area contributed by atoms with Gasteiger partial charge in [-0.3, -0.25) is 4.99 Å². The number of guanidine groups is 1. The third-order valence-electron chi connectivity index (χ3n) is 4.85. The monoisotopic (exact) mass is 520 g/mol. The van der Waals surface area contributed by atoms with E-state index < -0.39 is 0 Å². The molecule has 0 amide bonds. The fourth-order valence-corrected chi connectivity index (χ4v) is 3.21. The summed E-state index contributed by atoms with van der Waals surface area (Å²) in [7, 11) is 5.17. The SMILES string of the molecule is CCCCOCCCNC(=NC)NC1CCN(c2cc(OC)cc(OC)c2)C1.I. The van der Waals surface area contributed by atoms with Crippen LogP contribution in [0.15, 0.2) is 23.2 Å². The Bertz CT molecular complexity index is 593. The normalized spacial score (nSPS) is 16.3. The van der Waals surface area contributed by atoms with Gasteiger partial charge in [0.1, 0.15) is 11.5 Å². The molecule has 0 bridgehead atoms. The molecule has 1 fully saturated rings. The molecule has 1 atom stereocenters. The summed E-state index contributed by atoms with van der Waals surface area (Å²) in [4.78, 5) is 6.69. The Morgan fingerprint density at radius 3 is 2.45 bits per heavy atom. The summed E-state index contributed by atoms with van der Waals surface area (Å²) in [5.74, 6) is 2.47. The average Bonchev–Trinajstić information content (AvgIpc) is 3.20. The Labute approximate surface area is 192 Å². The zero-order valence-corrected chi connectivity index (χ0v) is 20.5. The van der Waals surface area contributed by atoms with Gasteiger partial charge in [0.25, 0.3) is 0 Å². The molecule has 2 N–H and O–H groups in total. The molecule has 0 saturated carbocycles. The van der Waals surface area contributed by atoms with Crippen molar-refractivity contribution < 1.29 is 14.2 Å². The van der Waals surface area contributed by atoms with E-state index >= 15 is 0 Å². The predicted molar refractivity (Wildman–Crippen MR) is 130 cm³/mol. The lowest BCUT2D eigenvalue weighted by Gasteiger charge is -2.21. The van der Waals surface area contributed by atoms with Crippen LogP contribution in [0.5, 0.6) is 11.5 Å². The number of hydrogen-bond acceptors (Lipinski definition) is 5. The summed E-state index contributed by atoms with van der Waals surface area (Å²) in [5.41, 5.74) is 1.12. The Kier molecular flexibility index (Phi) is 12.8. The van der Waals surface area contributed by atoms with Crippen LogP contribution in [0, 0.1) is 0 Å². The number of benzene rings is 1. The van der Waals surface area contributed by atoms with Crippen molar-refractivity contribution in [3.05, 3.63) is 18.2 Å². The van der Waals surface area contributed by atoms with Crippen LogP contribution in [0.2, 0.25) is 0 Å². The lowest BCUT2D eigenvalue weighted by molar-refractivity contribution is 0.129. The quantitative estimate of drug-likeness (QED) is 0.202. The Balaban J connectivity index is 0.00000420. The van der Waals surface area contributed by atoms with Crippen LogP contribution in [-0.4, -0.2) is 66.1 Å². The molecule has 1 saturated heterocycles. The van der Waals surface area contributed by atoms with Crippen LogP contribution < -0.4 is 25.0 Å². The first kappa shape index (κ1) is 25.6. The number of methoxy groups -OCH3 is 2. The van der Waals surface area contributed by atoms with Crippen LogP contribution in [-0.2, 0) is 4.74 Å². The van der Waals surface area contributed by atoms with E-state index in [0.717, 1.165) is 75.3 Å². The van der Waals surface area contributed by atoms with Gasteiger partial charge in [0.05, 0.1) is 14.2 Å². The maximum atomic E-state index is 5.60. The molecule has 0 aromatic heterocycles. The van der Waals surface area contributed by atoms with E-state index in [0.29, 0.717) is 6.04 Å². The van der Waals surface area contributed by atoms with Gasteiger partial charge in [-0.15, -0.1) is 24.0 Å². The lowest BCUT2D eigenvalue weighted by Crippen LogP contribution is -2.45.